The Balaban J connectivity index is 1.29. The van der Waals surface area contributed by atoms with Gasteiger partial charge in [-0.05, 0) is 86.9 Å². The highest BCUT2D eigenvalue weighted by Gasteiger charge is 2.22. The van der Waals surface area contributed by atoms with Crippen LogP contribution in [-0.2, 0) is 6.54 Å². The molecule has 2 N–H and O–H groups in total. The van der Waals surface area contributed by atoms with E-state index >= 15 is 0 Å². The SMILES string of the molecule is COc1ccc(CNC[C@H]2CC[C@@H](Nc3nc(N(C)C)c4ccccc4n3)CC2)c(C)c1C. The summed E-state index contributed by atoms with van der Waals surface area (Å²) >= 11 is 0. The second-order valence-electron chi connectivity index (χ2n) is 9.45. The molecule has 1 aliphatic rings. The maximum atomic E-state index is 5.43. The number of rotatable bonds is 8. The van der Waals surface area contributed by atoms with Crippen molar-refractivity contribution in [3.8, 4) is 5.75 Å². The van der Waals surface area contributed by atoms with Crippen molar-refractivity contribution in [2.75, 3.05) is 38.0 Å². The fraction of sp³-hybridized carbons (Fsp3) is 0.481. The van der Waals surface area contributed by atoms with Gasteiger partial charge < -0.3 is 20.3 Å². The summed E-state index contributed by atoms with van der Waals surface area (Å²) in [6, 6.07) is 12.9. The summed E-state index contributed by atoms with van der Waals surface area (Å²) < 4.78 is 5.43. The van der Waals surface area contributed by atoms with E-state index in [0.29, 0.717) is 6.04 Å². The Hall–Kier alpha value is -2.86. The Morgan fingerprint density at radius 3 is 2.45 bits per heavy atom. The molecule has 176 valence electrons. The number of hydrogen-bond donors (Lipinski definition) is 2. The number of aromatic nitrogens is 2. The van der Waals surface area contributed by atoms with Gasteiger partial charge in [0.05, 0.1) is 12.6 Å². The summed E-state index contributed by atoms with van der Waals surface area (Å²) in [5.74, 6) is 3.39. The van der Waals surface area contributed by atoms with Crippen molar-refractivity contribution in [2.45, 2.75) is 52.1 Å². The van der Waals surface area contributed by atoms with Crippen molar-refractivity contribution >= 4 is 22.7 Å². The molecule has 1 saturated carbocycles. The highest BCUT2D eigenvalue weighted by molar-refractivity contribution is 5.90. The van der Waals surface area contributed by atoms with Gasteiger partial charge in [-0.3, -0.25) is 0 Å². The third-order valence-electron chi connectivity index (χ3n) is 7.00. The van der Waals surface area contributed by atoms with E-state index in [1.807, 2.05) is 26.2 Å². The lowest BCUT2D eigenvalue weighted by atomic mass is 9.86. The first-order chi connectivity index (χ1) is 16.0. The van der Waals surface area contributed by atoms with Crippen LogP contribution in [0.4, 0.5) is 11.8 Å². The minimum atomic E-state index is 0.434. The van der Waals surface area contributed by atoms with Gasteiger partial charge in [0.25, 0.3) is 0 Å². The molecule has 0 aliphatic heterocycles. The smallest absolute Gasteiger partial charge is 0.225 e. The molecule has 6 heteroatoms. The van der Waals surface area contributed by atoms with Crippen LogP contribution in [-0.4, -0.2) is 43.8 Å². The van der Waals surface area contributed by atoms with Crippen molar-refractivity contribution in [3.05, 3.63) is 53.1 Å². The summed E-state index contributed by atoms with van der Waals surface area (Å²) in [5.41, 5.74) is 4.90. The maximum absolute atomic E-state index is 5.43. The van der Waals surface area contributed by atoms with Gasteiger partial charge in [-0.25, -0.2) is 4.98 Å². The van der Waals surface area contributed by atoms with Crippen LogP contribution in [0.1, 0.15) is 42.4 Å². The van der Waals surface area contributed by atoms with Crippen molar-refractivity contribution in [1.82, 2.24) is 15.3 Å². The molecule has 0 spiro atoms. The fourth-order valence-corrected chi connectivity index (χ4v) is 4.83. The molecule has 6 nitrogen and oxygen atoms in total. The van der Waals surface area contributed by atoms with Crippen LogP contribution < -0.4 is 20.3 Å². The van der Waals surface area contributed by atoms with Gasteiger partial charge in [-0.2, -0.15) is 4.98 Å². The number of methoxy groups -OCH3 is 1. The van der Waals surface area contributed by atoms with Gasteiger partial charge in [0, 0.05) is 32.1 Å². The number of ether oxygens (including phenoxy) is 1. The van der Waals surface area contributed by atoms with E-state index in [0.717, 1.165) is 60.3 Å². The minimum absolute atomic E-state index is 0.434. The van der Waals surface area contributed by atoms with Gasteiger partial charge in [0.1, 0.15) is 11.6 Å². The van der Waals surface area contributed by atoms with Crippen LogP contribution in [0.25, 0.3) is 10.9 Å². The monoisotopic (exact) mass is 447 g/mol. The zero-order valence-corrected chi connectivity index (χ0v) is 20.6. The first-order valence-electron chi connectivity index (χ1n) is 12.0. The van der Waals surface area contributed by atoms with E-state index in [4.69, 9.17) is 14.7 Å². The highest BCUT2D eigenvalue weighted by atomic mass is 16.5. The lowest BCUT2D eigenvalue weighted by molar-refractivity contribution is 0.323. The number of nitrogens with zero attached hydrogens (tertiary/aromatic N) is 3. The van der Waals surface area contributed by atoms with E-state index in [-0.39, 0.29) is 0 Å². The first-order valence-corrected chi connectivity index (χ1v) is 12.0. The third-order valence-corrected chi connectivity index (χ3v) is 7.00. The Morgan fingerprint density at radius 1 is 0.970 bits per heavy atom. The van der Waals surface area contributed by atoms with Crippen LogP contribution in [0.15, 0.2) is 36.4 Å². The molecular formula is C27H37N5O. The topological polar surface area (TPSA) is 62.3 Å². The molecular weight excluding hydrogens is 410 g/mol. The van der Waals surface area contributed by atoms with E-state index in [1.165, 1.54) is 29.5 Å². The number of fused-ring (bicyclic) bond motifs is 1. The third kappa shape index (κ3) is 5.38. The van der Waals surface area contributed by atoms with E-state index in [1.54, 1.807) is 7.11 Å². The molecule has 1 aromatic heterocycles. The van der Waals surface area contributed by atoms with Gasteiger partial charge in [0.15, 0.2) is 0 Å². The highest BCUT2D eigenvalue weighted by Crippen LogP contribution is 2.29. The van der Waals surface area contributed by atoms with Gasteiger partial charge in [0.2, 0.25) is 5.95 Å². The zero-order valence-electron chi connectivity index (χ0n) is 20.6. The predicted molar refractivity (Wildman–Crippen MR) is 137 cm³/mol. The standard InChI is InChI=1S/C27H37N5O/c1-18-19(2)25(33-5)15-12-21(18)17-28-16-20-10-13-22(14-11-20)29-27-30-24-9-7-6-8-23(24)26(31-27)32(3)4/h6-9,12,15,20,22,28H,10-11,13-14,16-17H2,1-5H3,(H,29,30,31)/t20-,22+. The van der Waals surface area contributed by atoms with Crippen molar-refractivity contribution in [1.29, 1.82) is 0 Å². The van der Waals surface area contributed by atoms with Gasteiger partial charge in [-0.15, -0.1) is 0 Å². The zero-order chi connectivity index (χ0) is 23.4. The minimum Gasteiger partial charge on any atom is -0.496 e. The van der Waals surface area contributed by atoms with Crippen LogP contribution >= 0.6 is 0 Å². The molecule has 1 aliphatic carbocycles. The Morgan fingerprint density at radius 2 is 1.73 bits per heavy atom. The number of hydrogen-bond acceptors (Lipinski definition) is 6. The number of nitrogens with one attached hydrogen (secondary N) is 2. The fourth-order valence-electron chi connectivity index (χ4n) is 4.83. The molecule has 0 saturated heterocycles. The summed E-state index contributed by atoms with van der Waals surface area (Å²) in [6.45, 7) is 6.29. The van der Waals surface area contributed by atoms with E-state index < -0.39 is 0 Å². The van der Waals surface area contributed by atoms with Crippen LogP contribution in [0, 0.1) is 19.8 Å². The molecule has 1 heterocycles. The lowest BCUT2D eigenvalue weighted by Gasteiger charge is -2.29. The second kappa shape index (κ2) is 10.4. The molecule has 1 fully saturated rings. The average Bonchev–Trinajstić information content (AvgIpc) is 2.82. The van der Waals surface area contributed by atoms with E-state index in [2.05, 4.69) is 53.6 Å². The summed E-state index contributed by atoms with van der Waals surface area (Å²) in [5, 5.41) is 8.39. The average molecular weight is 448 g/mol. The quantitative estimate of drug-likeness (QED) is 0.502. The Kier molecular flexibility index (Phi) is 7.33. The molecule has 33 heavy (non-hydrogen) atoms. The van der Waals surface area contributed by atoms with E-state index in [9.17, 15) is 0 Å². The molecule has 0 unspecified atom stereocenters. The Bertz CT molecular complexity index is 1090. The Labute approximate surface area is 197 Å². The molecule has 4 rings (SSSR count). The second-order valence-corrected chi connectivity index (χ2v) is 9.45. The van der Waals surface area contributed by atoms with Crippen LogP contribution in [0.3, 0.4) is 0 Å². The van der Waals surface area contributed by atoms with Crippen LogP contribution in [0.5, 0.6) is 5.75 Å². The van der Waals surface area contributed by atoms with Crippen molar-refractivity contribution < 1.29 is 4.74 Å². The summed E-state index contributed by atoms with van der Waals surface area (Å²) in [6.07, 6.45) is 4.75. The lowest BCUT2D eigenvalue weighted by Crippen LogP contribution is -2.31. The number of anilines is 2. The molecule has 0 bridgehead atoms. The van der Waals surface area contributed by atoms with Gasteiger partial charge in [-0.1, -0.05) is 18.2 Å². The molecule has 0 radical (unpaired) electrons. The van der Waals surface area contributed by atoms with Gasteiger partial charge >= 0.3 is 0 Å². The number of para-hydroxylation sites is 1. The number of benzene rings is 2. The van der Waals surface area contributed by atoms with Crippen molar-refractivity contribution in [3.63, 3.8) is 0 Å². The molecule has 0 atom stereocenters. The normalized spacial score (nSPS) is 18.3. The molecule has 3 aromatic rings. The van der Waals surface area contributed by atoms with Crippen LogP contribution in [0.2, 0.25) is 0 Å². The molecule has 0 amide bonds. The largest absolute Gasteiger partial charge is 0.496 e. The molecule has 2 aromatic carbocycles. The maximum Gasteiger partial charge on any atom is 0.225 e. The summed E-state index contributed by atoms with van der Waals surface area (Å²) in [4.78, 5) is 11.6. The first kappa shape index (κ1) is 23.3. The summed E-state index contributed by atoms with van der Waals surface area (Å²) in [7, 11) is 5.80. The predicted octanol–water partition coefficient (Wildman–Crippen LogP) is 5.08. The van der Waals surface area contributed by atoms with Crippen molar-refractivity contribution in [2.24, 2.45) is 5.92 Å².